The van der Waals surface area contributed by atoms with Gasteiger partial charge in [0.15, 0.2) is 11.5 Å². The number of sulfonamides is 1. The van der Waals surface area contributed by atoms with Crippen LogP contribution < -0.4 is 19.5 Å². The van der Waals surface area contributed by atoms with Gasteiger partial charge in [0.05, 0.1) is 38.4 Å². The van der Waals surface area contributed by atoms with Gasteiger partial charge in [-0.25, -0.2) is 13.1 Å². The van der Waals surface area contributed by atoms with E-state index in [0.717, 1.165) is 18.7 Å². The predicted octanol–water partition coefficient (Wildman–Crippen LogP) is 2.19. The van der Waals surface area contributed by atoms with Gasteiger partial charge in [-0.15, -0.1) is 0 Å². The van der Waals surface area contributed by atoms with Crippen molar-refractivity contribution in [3.05, 3.63) is 53.6 Å². The lowest BCUT2D eigenvalue weighted by Gasteiger charge is -2.35. The van der Waals surface area contributed by atoms with Crippen LogP contribution in [0.1, 0.15) is 35.8 Å². The molecular formula is C24H33N3O6S. The van der Waals surface area contributed by atoms with E-state index in [4.69, 9.17) is 14.2 Å². The lowest BCUT2D eigenvalue weighted by atomic mass is 10.0. The van der Waals surface area contributed by atoms with E-state index in [1.54, 1.807) is 28.1 Å². The topological polar surface area (TPSA) is 106 Å². The van der Waals surface area contributed by atoms with Crippen molar-refractivity contribution in [2.75, 3.05) is 47.1 Å². The van der Waals surface area contributed by atoms with Gasteiger partial charge < -0.3 is 19.5 Å². The van der Waals surface area contributed by atoms with Crippen molar-refractivity contribution < 1.29 is 27.4 Å². The molecule has 0 spiro atoms. The number of benzene rings is 2. The summed E-state index contributed by atoms with van der Waals surface area (Å²) in [4.78, 5) is 15.2. The Bertz CT molecular complexity index is 1070. The first kappa shape index (κ1) is 26.0. The highest BCUT2D eigenvalue weighted by atomic mass is 32.2. The number of morpholine rings is 1. The molecule has 1 aliphatic rings. The lowest BCUT2D eigenvalue weighted by molar-refractivity contribution is 0.0162. The Morgan fingerprint density at radius 1 is 1.03 bits per heavy atom. The largest absolute Gasteiger partial charge is 0.493 e. The van der Waals surface area contributed by atoms with Crippen LogP contribution in [0.2, 0.25) is 0 Å². The summed E-state index contributed by atoms with van der Waals surface area (Å²) in [5.74, 6) is 0.980. The number of nitrogens with zero attached hydrogens (tertiary/aromatic N) is 1. The van der Waals surface area contributed by atoms with Gasteiger partial charge in [0, 0.05) is 31.2 Å². The van der Waals surface area contributed by atoms with Crippen LogP contribution in [-0.2, 0) is 14.8 Å². The summed E-state index contributed by atoms with van der Waals surface area (Å²) in [6.07, 6.45) is 0. The summed E-state index contributed by atoms with van der Waals surface area (Å²) < 4.78 is 43.5. The molecule has 1 unspecified atom stereocenters. The SMILES string of the molecule is COc1ccc(C(CNC(=O)c2ccc(S(=O)(=O)NC(C)C)cc2)N2CCOCC2)cc1OC. The van der Waals surface area contributed by atoms with Crippen LogP contribution >= 0.6 is 0 Å². The standard InChI is InChI=1S/C24H33N3O6S/c1-17(2)26-34(29,30)20-8-5-18(6-9-20)24(28)25-16-21(27-11-13-33-14-12-27)19-7-10-22(31-3)23(15-19)32-4/h5-10,15,17,21,26H,11-14,16H2,1-4H3,(H,25,28). The average Bonchev–Trinajstić information content (AvgIpc) is 2.83. The predicted molar refractivity (Wildman–Crippen MR) is 129 cm³/mol. The van der Waals surface area contributed by atoms with E-state index in [-0.39, 0.29) is 22.9 Å². The minimum absolute atomic E-state index is 0.0949. The quantitative estimate of drug-likeness (QED) is 0.525. The van der Waals surface area contributed by atoms with E-state index in [1.165, 1.54) is 24.3 Å². The zero-order valence-electron chi connectivity index (χ0n) is 20.0. The second kappa shape index (κ2) is 11.7. The molecule has 0 aliphatic carbocycles. The lowest BCUT2D eigenvalue weighted by Crippen LogP contribution is -2.43. The zero-order chi connectivity index (χ0) is 24.7. The summed E-state index contributed by atoms with van der Waals surface area (Å²) in [6, 6.07) is 11.3. The van der Waals surface area contributed by atoms with E-state index in [1.807, 2.05) is 18.2 Å². The number of methoxy groups -OCH3 is 2. The molecule has 0 saturated carbocycles. The second-order valence-electron chi connectivity index (χ2n) is 8.29. The van der Waals surface area contributed by atoms with E-state index in [2.05, 4.69) is 14.9 Å². The first-order chi connectivity index (χ1) is 16.2. The summed E-state index contributed by atoms with van der Waals surface area (Å²) in [5.41, 5.74) is 1.37. The van der Waals surface area contributed by atoms with Crippen LogP contribution in [0.15, 0.2) is 47.4 Å². The highest BCUT2D eigenvalue weighted by Gasteiger charge is 2.25. The van der Waals surface area contributed by atoms with Gasteiger partial charge in [0.1, 0.15) is 0 Å². The zero-order valence-corrected chi connectivity index (χ0v) is 20.9. The Morgan fingerprint density at radius 3 is 2.26 bits per heavy atom. The normalized spacial score (nSPS) is 15.7. The van der Waals surface area contributed by atoms with Crippen LogP contribution in [0.3, 0.4) is 0 Å². The van der Waals surface area contributed by atoms with Gasteiger partial charge in [-0.1, -0.05) is 6.07 Å². The molecule has 1 fully saturated rings. The molecule has 1 saturated heterocycles. The van der Waals surface area contributed by atoms with Gasteiger partial charge in [0.2, 0.25) is 10.0 Å². The smallest absolute Gasteiger partial charge is 0.251 e. The molecule has 10 heteroatoms. The van der Waals surface area contributed by atoms with Crippen LogP contribution in [0.5, 0.6) is 11.5 Å². The molecule has 0 bridgehead atoms. The van der Waals surface area contributed by atoms with Crippen molar-refractivity contribution in [2.24, 2.45) is 0 Å². The number of amides is 1. The van der Waals surface area contributed by atoms with E-state index in [0.29, 0.717) is 36.8 Å². The van der Waals surface area contributed by atoms with Gasteiger partial charge in [-0.3, -0.25) is 9.69 Å². The number of nitrogens with one attached hydrogen (secondary N) is 2. The number of carbonyl (C=O) groups is 1. The Labute approximate surface area is 201 Å². The van der Waals surface area contributed by atoms with Crippen molar-refractivity contribution in [3.63, 3.8) is 0 Å². The molecule has 0 aromatic heterocycles. The third kappa shape index (κ3) is 6.47. The second-order valence-corrected chi connectivity index (χ2v) is 10.0. The van der Waals surface area contributed by atoms with Crippen molar-refractivity contribution in [2.45, 2.75) is 30.8 Å². The molecule has 1 atom stereocenters. The van der Waals surface area contributed by atoms with Gasteiger partial charge in [-0.05, 0) is 55.8 Å². The summed E-state index contributed by atoms with van der Waals surface area (Å²) in [6.45, 7) is 6.60. The molecule has 1 aliphatic heterocycles. The van der Waals surface area contributed by atoms with Crippen LogP contribution in [-0.4, -0.2) is 72.3 Å². The van der Waals surface area contributed by atoms with Crippen molar-refractivity contribution in [1.82, 2.24) is 14.9 Å². The first-order valence-corrected chi connectivity index (χ1v) is 12.7. The number of rotatable bonds is 10. The molecule has 2 aromatic rings. The van der Waals surface area contributed by atoms with Gasteiger partial charge in [0.25, 0.3) is 5.91 Å². The fourth-order valence-corrected chi connectivity index (χ4v) is 5.11. The Kier molecular flexibility index (Phi) is 8.90. The van der Waals surface area contributed by atoms with Crippen LogP contribution in [0, 0.1) is 0 Å². The molecule has 1 heterocycles. The summed E-state index contributed by atoms with van der Waals surface area (Å²) >= 11 is 0. The maximum absolute atomic E-state index is 12.9. The minimum Gasteiger partial charge on any atom is -0.493 e. The minimum atomic E-state index is -3.61. The van der Waals surface area contributed by atoms with Gasteiger partial charge in [-0.2, -0.15) is 0 Å². The monoisotopic (exact) mass is 491 g/mol. The number of hydrogen-bond acceptors (Lipinski definition) is 7. The maximum atomic E-state index is 12.9. The van der Waals surface area contributed by atoms with E-state index >= 15 is 0 Å². The number of ether oxygens (including phenoxy) is 3. The number of carbonyl (C=O) groups excluding carboxylic acids is 1. The molecule has 2 N–H and O–H groups in total. The van der Waals surface area contributed by atoms with Crippen molar-refractivity contribution >= 4 is 15.9 Å². The summed E-state index contributed by atoms with van der Waals surface area (Å²) in [7, 11) is -0.432. The Morgan fingerprint density at radius 2 is 1.68 bits per heavy atom. The first-order valence-electron chi connectivity index (χ1n) is 11.2. The fourth-order valence-electron chi connectivity index (χ4n) is 3.86. The van der Waals surface area contributed by atoms with Crippen LogP contribution in [0.4, 0.5) is 0 Å². The molecular weight excluding hydrogens is 458 g/mol. The molecule has 34 heavy (non-hydrogen) atoms. The molecule has 1 amide bonds. The third-order valence-electron chi connectivity index (χ3n) is 5.55. The van der Waals surface area contributed by atoms with Crippen molar-refractivity contribution in [3.8, 4) is 11.5 Å². The third-order valence-corrected chi connectivity index (χ3v) is 7.23. The van der Waals surface area contributed by atoms with Crippen LogP contribution in [0.25, 0.3) is 0 Å². The fraction of sp³-hybridized carbons (Fsp3) is 0.458. The summed E-state index contributed by atoms with van der Waals surface area (Å²) in [5, 5.41) is 2.99. The van der Waals surface area contributed by atoms with E-state index in [9.17, 15) is 13.2 Å². The molecule has 2 aromatic carbocycles. The average molecular weight is 492 g/mol. The number of hydrogen-bond donors (Lipinski definition) is 2. The maximum Gasteiger partial charge on any atom is 0.251 e. The Balaban J connectivity index is 1.75. The highest BCUT2D eigenvalue weighted by molar-refractivity contribution is 7.89. The van der Waals surface area contributed by atoms with E-state index < -0.39 is 10.0 Å². The molecule has 3 rings (SSSR count). The van der Waals surface area contributed by atoms with Gasteiger partial charge >= 0.3 is 0 Å². The molecule has 186 valence electrons. The molecule has 0 radical (unpaired) electrons. The van der Waals surface area contributed by atoms with Crippen molar-refractivity contribution in [1.29, 1.82) is 0 Å². The Hall–Kier alpha value is -2.66. The molecule has 9 nitrogen and oxygen atoms in total. The highest BCUT2D eigenvalue weighted by Crippen LogP contribution is 2.32.